The van der Waals surface area contributed by atoms with Crippen molar-refractivity contribution < 1.29 is 0 Å². The first-order valence-corrected chi connectivity index (χ1v) is 16.3. The highest BCUT2D eigenvalue weighted by molar-refractivity contribution is 5.67. The highest BCUT2D eigenvalue weighted by Gasteiger charge is 2.11. The summed E-state index contributed by atoms with van der Waals surface area (Å²) in [6.45, 7) is 6.91. The lowest BCUT2D eigenvalue weighted by molar-refractivity contribution is 0.599. The van der Waals surface area contributed by atoms with Crippen LogP contribution in [0, 0.1) is 0 Å². The fourth-order valence-corrected chi connectivity index (χ4v) is 5.56. The first-order chi connectivity index (χ1) is 18.3. The summed E-state index contributed by atoms with van der Waals surface area (Å²) < 4.78 is 0. The van der Waals surface area contributed by atoms with Gasteiger partial charge in [-0.1, -0.05) is 147 Å². The van der Waals surface area contributed by atoms with Crippen molar-refractivity contribution >= 4 is 11.4 Å². The molecule has 1 heteroatoms. The Balaban J connectivity index is 2.05. The Morgan fingerprint density at radius 2 is 0.838 bits per heavy atom. The van der Waals surface area contributed by atoms with Crippen LogP contribution in [0.25, 0.3) is 0 Å². The lowest BCUT2D eigenvalue weighted by Gasteiger charge is -2.19. The Hall–Kier alpha value is -1.76. The van der Waals surface area contributed by atoms with Crippen LogP contribution in [-0.4, -0.2) is 0 Å². The average molecular weight is 506 g/mol. The summed E-state index contributed by atoms with van der Waals surface area (Å²) in [6.07, 6.45) is 28.1. The largest absolute Gasteiger partial charge is 0.355 e. The summed E-state index contributed by atoms with van der Waals surface area (Å²) in [7, 11) is 0. The van der Waals surface area contributed by atoms with E-state index in [1.165, 1.54) is 152 Å². The molecular formula is C36H59N. The van der Waals surface area contributed by atoms with Crippen molar-refractivity contribution in [2.75, 3.05) is 5.32 Å². The van der Waals surface area contributed by atoms with Gasteiger partial charge in [0, 0.05) is 11.4 Å². The fraction of sp³-hybridized carbons (Fsp3) is 0.667. The SMILES string of the molecule is CCCCCCCCc1ccccc1Nc1cccc(CCCCCCCC)c1CCCCCCCC. The Morgan fingerprint density at radius 3 is 1.43 bits per heavy atom. The smallest absolute Gasteiger partial charge is 0.0419 e. The highest BCUT2D eigenvalue weighted by Crippen LogP contribution is 2.30. The summed E-state index contributed by atoms with van der Waals surface area (Å²) in [4.78, 5) is 0. The van der Waals surface area contributed by atoms with Crippen molar-refractivity contribution in [2.24, 2.45) is 0 Å². The van der Waals surface area contributed by atoms with Crippen molar-refractivity contribution in [1.29, 1.82) is 0 Å². The van der Waals surface area contributed by atoms with Crippen molar-refractivity contribution in [2.45, 2.75) is 156 Å². The van der Waals surface area contributed by atoms with Crippen molar-refractivity contribution in [3.05, 3.63) is 59.2 Å². The number of aryl methyl sites for hydroxylation is 2. The number of nitrogens with one attached hydrogen (secondary N) is 1. The van der Waals surface area contributed by atoms with E-state index in [1.54, 1.807) is 11.1 Å². The molecule has 0 saturated heterocycles. The number of anilines is 2. The summed E-state index contributed by atoms with van der Waals surface area (Å²) in [5.41, 5.74) is 7.32. The number of hydrogen-bond acceptors (Lipinski definition) is 1. The molecule has 0 amide bonds. The van der Waals surface area contributed by atoms with E-state index < -0.39 is 0 Å². The number of rotatable bonds is 23. The van der Waals surface area contributed by atoms with Crippen LogP contribution < -0.4 is 5.32 Å². The monoisotopic (exact) mass is 505 g/mol. The molecule has 0 heterocycles. The maximum Gasteiger partial charge on any atom is 0.0419 e. The lowest BCUT2D eigenvalue weighted by atomic mass is 9.94. The summed E-state index contributed by atoms with van der Waals surface area (Å²) >= 11 is 0. The zero-order valence-corrected chi connectivity index (χ0v) is 24.9. The second-order valence-electron chi connectivity index (χ2n) is 11.3. The second kappa shape index (κ2) is 21.2. The molecule has 2 rings (SSSR count). The first-order valence-electron chi connectivity index (χ1n) is 16.3. The van der Waals surface area contributed by atoms with Gasteiger partial charge in [0.2, 0.25) is 0 Å². The third kappa shape index (κ3) is 13.6. The van der Waals surface area contributed by atoms with E-state index in [-0.39, 0.29) is 0 Å². The van der Waals surface area contributed by atoms with E-state index >= 15 is 0 Å². The van der Waals surface area contributed by atoms with Crippen LogP contribution in [0.15, 0.2) is 42.5 Å². The maximum atomic E-state index is 3.92. The standard InChI is InChI=1S/C36H59N/c1-4-7-10-13-16-19-25-32-28-24-31-36(34(32)29-21-18-15-12-9-6-3)37-35-30-23-22-27-33(35)26-20-17-14-11-8-5-2/h22-24,27-28,30-31,37H,4-21,25-26,29H2,1-3H3. The van der Waals surface area contributed by atoms with Crippen LogP contribution in [0.3, 0.4) is 0 Å². The highest BCUT2D eigenvalue weighted by atomic mass is 14.9. The quantitative estimate of drug-likeness (QED) is 0.148. The van der Waals surface area contributed by atoms with Crippen LogP contribution in [0.2, 0.25) is 0 Å². The van der Waals surface area contributed by atoms with Gasteiger partial charge < -0.3 is 5.32 Å². The normalized spacial score (nSPS) is 11.2. The minimum absolute atomic E-state index is 1.18. The van der Waals surface area contributed by atoms with Gasteiger partial charge in [0.1, 0.15) is 0 Å². The number of para-hydroxylation sites is 1. The Morgan fingerprint density at radius 1 is 0.405 bits per heavy atom. The van der Waals surface area contributed by atoms with Gasteiger partial charge in [-0.15, -0.1) is 0 Å². The molecule has 0 aliphatic heterocycles. The summed E-state index contributed by atoms with van der Waals surface area (Å²) in [5.74, 6) is 0. The molecule has 0 radical (unpaired) electrons. The first kappa shape index (κ1) is 31.5. The molecule has 0 unspecified atom stereocenters. The minimum Gasteiger partial charge on any atom is -0.355 e. The van der Waals surface area contributed by atoms with Crippen LogP contribution in [-0.2, 0) is 19.3 Å². The molecule has 0 fully saturated rings. The topological polar surface area (TPSA) is 12.0 Å². The van der Waals surface area contributed by atoms with Gasteiger partial charge >= 0.3 is 0 Å². The number of hydrogen-bond donors (Lipinski definition) is 1. The Kier molecular flexibility index (Phi) is 18.0. The molecule has 0 saturated carbocycles. The van der Waals surface area contributed by atoms with Crippen molar-refractivity contribution in [3.63, 3.8) is 0 Å². The summed E-state index contributed by atoms with van der Waals surface area (Å²) in [5, 5.41) is 3.92. The second-order valence-corrected chi connectivity index (χ2v) is 11.3. The molecule has 0 aliphatic rings. The van der Waals surface area contributed by atoms with Crippen molar-refractivity contribution in [3.8, 4) is 0 Å². The number of unbranched alkanes of at least 4 members (excludes halogenated alkanes) is 15. The van der Waals surface area contributed by atoms with Gasteiger partial charge in [-0.3, -0.25) is 0 Å². The molecule has 0 aliphatic carbocycles. The van der Waals surface area contributed by atoms with E-state index in [9.17, 15) is 0 Å². The van der Waals surface area contributed by atoms with Gasteiger partial charge in [0.05, 0.1) is 0 Å². The third-order valence-corrected chi connectivity index (χ3v) is 7.94. The number of benzene rings is 2. The molecule has 0 atom stereocenters. The van der Waals surface area contributed by atoms with Gasteiger partial charge in [0.25, 0.3) is 0 Å². The molecule has 208 valence electrons. The third-order valence-electron chi connectivity index (χ3n) is 7.94. The van der Waals surface area contributed by atoms with Gasteiger partial charge in [-0.2, -0.15) is 0 Å². The molecule has 0 aromatic heterocycles. The van der Waals surface area contributed by atoms with Crippen molar-refractivity contribution in [1.82, 2.24) is 0 Å². The van der Waals surface area contributed by atoms with Crippen LogP contribution in [0.1, 0.15) is 153 Å². The Bertz CT molecular complexity index is 808. The molecule has 1 nitrogen and oxygen atoms in total. The predicted octanol–water partition coefficient (Wildman–Crippen LogP) is 12.1. The zero-order valence-electron chi connectivity index (χ0n) is 24.9. The van der Waals surface area contributed by atoms with Gasteiger partial charge in [-0.25, -0.2) is 0 Å². The summed E-state index contributed by atoms with van der Waals surface area (Å²) in [6, 6.07) is 16.1. The van der Waals surface area contributed by atoms with E-state index in [0.717, 1.165) is 0 Å². The molecule has 0 spiro atoms. The van der Waals surface area contributed by atoms with E-state index in [4.69, 9.17) is 0 Å². The van der Waals surface area contributed by atoms with Crippen LogP contribution >= 0.6 is 0 Å². The van der Waals surface area contributed by atoms with Gasteiger partial charge in [-0.05, 0) is 67.3 Å². The van der Waals surface area contributed by atoms with Gasteiger partial charge in [0.15, 0.2) is 0 Å². The molecule has 2 aromatic rings. The average Bonchev–Trinajstić information content (AvgIpc) is 2.92. The molecule has 2 aromatic carbocycles. The maximum absolute atomic E-state index is 3.92. The predicted molar refractivity (Wildman–Crippen MR) is 167 cm³/mol. The minimum atomic E-state index is 1.18. The Labute approximate surface area is 231 Å². The molecular weight excluding hydrogens is 446 g/mol. The zero-order chi connectivity index (χ0) is 26.4. The molecule has 0 bridgehead atoms. The van der Waals surface area contributed by atoms with Crippen LogP contribution in [0.4, 0.5) is 11.4 Å². The van der Waals surface area contributed by atoms with E-state index in [1.807, 2.05) is 0 Å². The molecule has 37 heavy (non-hydrogen) atoms. The van der Waals surface area contributed by atoms with E-state index in [2.05, 4.69) is 68.6 Å². The fourth-order valence-electron chi connectivity index (χ4n) is 5.56. The lowest BCUT2D eigenvalue weighted by Crippen LogP contribution is -2.04. The van der Waals surface area contributed by atoms with Crippen LogP contribution in [0.5, 0.6) is 0 Å². The van der Waals surface area contributed by atoms with E-state index in [0.29, 0.717) is 0 Å². The molecule has 1 N–H and O–H groups in total.